The molecule has 9 heteroatoms. The molecule has 0 aliphatic carbocycles. The summed E-state index contributed by atoms with van der Waals surface area (Å²) in [6.07, 6.45) is -4.56. The molecule has 0 unspecified atom stereocenters. The molecule has 0 saturated heterocycles. The van der Waals surface area contributed by atoms with Gasteiger partial charge in [-0.05, 0) is 31.2 Å². The maximum Gasteiger partial charge on any atom is 0.416 e. The smallest absolute Gasteiger partial charge is 0.323 e. The maximum atomic E-state index is 12.7. The highest BCUT2D eigenvalue weighted by Gasteiger charge is 2.31. The summed E-state index contributed by atoms with van der Waals surface area (Å²) >= 11 is 5.78. The number of alkyl halides is 3. The molecule has 0 radical (unpaired) electrons. The summed E-state index contributed by atoms with van der Waals surface area (Å²) in [4.78, 5) is 23.5. The van der Waals surface area contributed by atoms with Gasteiger partial charge < -0.3 is 5.32 Å². The second kappa shape index (κ2) is 6.41. The molecule has 1 amide bonds. The summed E-state index contributed by atoms with van der Waals surface area (Å²) in [5.41, 5.74) is -1.11. The van der Waals surface area contributed by atoms with Crippen LogP contribution in [0.3, 0.4) is 0 Å². The van der Waals surface area contributed by atoms with E-state index in [2.05, 4.69) is 10.4 Å². The Morgan fingerprint density at radius 2 is 2.00 bits per heavy atom. The van der Waals surface area contributed by atoms with Crippen LogP contribution in [0.15, 0.2) is 35.1 Å². The van der Waals surface area contributed by atoms with Crippen LogP contribution in [0.5, 0.6) is 0 Å². The predicted molar refractivity (Wildman–Crippen MR) is 78.3 cm³/mol. The van der Waals surface area contributed by atoms with Gasteiger partial charge in [-0.25, -0.2) is 4.68 Å². The number of amides is 1. The zero-order valence-electron chi connectivity index (χ0n) is 11.8. The van der Waals surface area contributed by atoms with Crippen LogP contribution in [0.1, 0.15) is 11.3 Å². The molecule has 122 valence electrons. The average molecular weight is 346 g/mol. The first-order chi connectivity index (χ1) is 10.7. The Balaban J connectivity index is 2.20. The van der Waals surface area contributed by atoms with Gasteiger partial charge in [0.05, 0.1) is 22.0 Å². The molecule has 2 rings (SSSR count). The van der Waals surface area contributed by atoms with Crippen LogP contribution in [0.4, 0.5) is 18.9 Å². The molecule has 1 aromatic carbocycles. The Hall–Kier alpha value is -2.35. The van der Waals surface area contributed by atoms with Gasteiger partial charge in [0.2, 0.25) is 5.91 Å². The Kier molecular flexibility index (Phi) is 4.74. The predicted octanol–water partition coefficient (Wildman–Crippen LogP) is 2.86. The number of carbonyl (C=O) groups excluding carboxylic acids is 1. The van der Waals surface area contributed by atoms with Crippen molar-refractivity contribution in [3.05, 3.63) is 57.0 Å². The van der Waals surface area contributed by atoms with Crippen LogP contribution in [-0.2, 0) is 17.5 Å². The topological polar surface area (TPSA) is 64.0 Å². The second-order valence-corrected chi connectivity index (χ2v) is 5.12. The third kappa shape index (κ3) is 4.32. The molecule has 0 aliphatic heterocycles. The number of hydrogen-bond acceptors (Lipinski definition) is 3. The van der Waals surface area contributed by atoms with Gasteiger partial charge in [0.25, 0.3) is 5.56 Å². The number of anilines is 1. The van der Waals surface area contributed by atoms with Crippen molar-refractivity contribution in [1.82, 2.24) is 9.78 Å². The summed E-state index contributed by atoms with van der Waals surface area (Å²) in [7, 11) is 0. The number of benzene rings is 1. The largest absolute Gasteiger partial charge is 0.416 e. The first kappa shape index (κ1) is 17.0. The fourth-order valence-corrected chi connectivity index (χ4v) is 1.95. The van der Waals surface area contributed by atoms with Crippen molar-refractivity contribution in [2.75, 3.05) is 5.32 Å². The van der Waals surface area contributed by atoms with Gasteiger partial charge in [0.1, 0.15) is 6.54 Å². The van der Waals surface area contributed by atoms with Gasteiger partial charge in [0, 0.05) is 6.07 Å². The summed E-state index contributed by atoms with van der Waals surface area (Å²) < 4.78 is 38.9. The number of rotatable bonds is 3. The van der Waals surface area contributed by atoms with E-state index in [9.17, 15) is 22.8 Å². The molecule has 0 atom stereocenters. The lowest BCUT2D eigenvalue weighted by atomic mass is 10.2. The quantitative estimate of drug-likeness (QED) is 0.930. The number of carbonyl (C=O) groups is 1. The van der Waals surface area contributed by atoms with Crippen LogP contribution in [-0.4, -0.2) is 15.7 Å². The summed E-state index contributed by atoms with van der Waals surface area (Å²) in [5.74, 6) is -0.716. The van der Waals surface area contributed by atoms with Crippen LogP contribution in [0.2, 0.25) is 5.02 Å². The minimum absolute atomic E-state index is 0.0455. The fourth-order valence-electron chi connectivity index (χ4n) is 1.79. The Bertz CT molecular complexity index is 803. The summed E-state index contributed by atoms with van der Waals surface area (Å²) in [6, 6.07) is 5.31. The van der Waals surface area contributed by atoms with Crippen molar-refractivity contribution in [2.45, 2.75) is 19.6 Å². The molecule has 0 bridgehead atoms. The van der Waals surface area contributed by atoms with Crippen molar-refractivity contribution in [1.29, 1.82) is 0 Å². The normalized spacial score (nSPS) is 11.3. The average Bonchev–Trinajstić information content (AvgIpc) is 2.44. The zero-order valence-corrected chi connectivity index (χ0v) is 12.6. The van der Waals surface area contributed by atoms with Crippen LogP contribution >= 0.6 is 11.6 Å². The first-order valence-electron chi connectivity index (χ1n) is 6.38. The highest BCUT2D eigenvalue weighted by atomic mass is 35.5. The Morgan fingerprint density at radius 1 is 1.30 bits per heavy atom. The van der Waals surface area contributed by atoms with E-state index in [-0.39, 0.29) is 10.7 Å². The van der Waals surface area contributed by atoms with E-state index in [0.29, 0.717) is 5.69 Å². The molecule has 5 nitrogen and oxygen atoms in total. The van der Waals surface area contributed by atoms with Gasteiger partial charge in [0.15, 0.2) is 0 Å². The Morgan fingerprint density at radius 3 is 2.65 bits per heavy atom. The maximum absolute atomic E-state index is 12.7. The van der Waals surface area contributed by atoms with Crippen molar-refractivity contribution >= 4 is 23.2 Å². The van der Waals surface area contributed by atoms with Crippen molar-refractivity contribution in [2.24, 2.45) is 0 Å². The number of aryl methyl sites for hydroxylation is 1. The summed E-state index contributed by atoms with van der Waals surface area (Å²) in [6.45, 7) is 1.20. The van der Waals surface area contributed by atoms with Gasteiger partial charge in [-0.2, -0.15) is 18.3 Å². The van der Waals surface area contributed by atoms with Crippen LogP contribution < -0.4 is 10.9 Å². The highest BCUT2D eigenvalue weighted by molar-refractivity contribution is 6.33. The molecule has 0 aliphatic rings. The lowest BCUT2D eigenvalue weighted by Crippen LogP contribution is -2.29. The molecular weight excluding hydrogens is 335 g/mol. The molecule has 0 fully saturated rings. The van der Waals surface area contributed by atoms with E-state index in [1.165, 1.54) is 12.1 Å². The van der Waals surface area contributed by atoms with Crippen molar-refractivity contribution < 1.29 is 18.0 Å². The monoisotopic (exact) mass is 345 g/mol. The Labute approximate surface area is 133 Å². The lowest BCUT2D eigenvalue weighted by Gasteiger charge is -2.12. The molecule has 23 heavy (non-hydrogen) atoms. The standard InChI is InChI=1S/C14H11ClF3N3O2/c1-8-2-5-13(23)21(20-8)7-12(22)19-11-6-9(14(16,17)18)3-4-10(11)15/h2-6H,7H2,1H3,(H,19,22). The van der Waals surface area contributed by atoms with E-state index in [4.69, 9.17) is 11.6 Å². The molecule has 2 aromatic rings. The molecular formula is C14H11ClF3N3O2. The molecule has 1 aromatic heterocycles. The number of nitrogens with zero attached hydrogens (tertiary/aromatic N) is 2. The summed E-state index contributed by atoms with van der Waals surface area (Å²) in [5, 5.41) is 6.07. The van der Waals surface area contributed by atoms with Crippen LogP contribution in [0.25, 0.3) is 0 Å². The number of halogens is 4. The minimum Gasteiger partial charge on any atom is -0.323 e. The van der Waals surface area contributed by atoms with E-state index in [1.807, 2.05) is 0 Å². The number of hydrogen-bond donors (Lipinski definition) is 1. The van der Waals surface area contributed by atoms with E-state index in [0.717, 1.165) is 22.9 Å². The highest BCUT2D eigenvalue weighted by Crippen LogP contribution is 2.33. The van der Waals surface area contributed by atoms with Gasteiger partial charge in [-0.15, -0.1) is 0 Å². The third-order valence-corrected chi connectivity index (χ3v) is 3.19. The van der Waals surface area contributed by atoms with Crippen LogP contribution in [0, 0.1) is 6.92 Å². The molecule has 0 saturated carbocycles. The minimum atomic E-state index is -4.56. The van der Waals surface area contributed by atoms with E-state index >= 15 is 0 Å². The third-order valence-electron chi connectivity index (χ3n) is 2.86. The van der Waals surface area contributed by atoms with Gasteiger partial charge in [-0.3, -0.25) is 9.59 Å². The fraction of sp³-hybridized carbons (Fsp3) is 0.214. The number of nitrogens with one attached hydrogen (secondary N) is 1. The molecule has 1 heterocycles. The zero-order chi connectivity index (χ0) is 17.2. The van der Waals surface area contributed by atoms with Crippen molar-refractivity contribution in [3.63, 3.8) is 0 Å². The molecule has 0 spiro atoms. The SMILES string of the molecule is Cc1ccc(=O)n(CC(=O)Nc2cc(C(F)(F)F)ccc2Cl)n1. The lowest BCUT2D eigenvalue weighted by molar-refractivity contribution is -0.137. The van der Waals surface area contributed by atoms with E-state index in [1.54, 1.807) is 6.92 Å². The van der Waals surface area contributed by atoms with Gasteiger partial charge >= 0.3 is 6.18 Å². The van der Waals surface area contributed by atoms with Gasteiger partial charge in [-0.1, -0.05) is 11.6 Å². The van der Waals surface area contributed by atoms with E-state index < -0.39 is 29.8 Å². The number of aromatic nitrogens is 2. The second-order valence-electron chi connectivity index (χ2n) is 4.71. The van der Waals surface area contributed by atoms with Crippen molar-refractivity contribution in [3.8, 4) is 0 Å². The first-order valence-corrected chi connectivity index (χ1v) is 6.76. The molecule has 1 N–H and O–H groups in total.